The Morgan fingerprint density at radius 1 is 0.781 bits per heavy atom. The van der Waals surface area contributed by atoms with Crippen molar-refractivity contribution >= 4 is 5.97 Å². The van der Waals surface area contributed by atoms with Gasteiger partial charge in [-0.2, -0.15) is 61.5 Å². The maximum absolute atomic E-state index is 13.6. The normalized spacial score (nSPS) is 16.8. The molecule has 0 aliphatic heterocycles. The van der Waals surface area contributed by atoms with Gasteiger partial charge in [0.1, 0.15) is 0 Å². The van der Waals surface area contributed by atoms with Crippen molar-refractivity contribution in [1.29, 1.82) is 0 Å². The molecule has 0 aromatic rings. The summed E-state index contributed by atoms with van der Waals surface area (Å²) in [4.78, 5) is 10.3. The lowest BCUT2D eigenvalue weighted by Crippen LogP contribution is -2.75. The number of carbonyl (C=O) groups excluding carboxylic acids is 1. The summed E-state index contributed by atoms with van der Waals surface area (Å²) in [5, 5.41) is 19.5. The molecule has 18 heteroatoms. The van der Waals surface area contributed by atoms with Crippen molar-refractivity contribution in [2.45, 2.75) is 67.6 Å². The van der Waals surface area contributed by atoms with E-state index in [2.05, 4.69) is 0 Å². The zero-order valence-corrected chi connectivity index (χ0v) is 15.0. The minimum Gasteiger partial charge on any atom is -0.545 e. The Bertz CT molecular complexity index is 706. The Hall–Kier alpha value is -1.88. The number of carboxylic acids is 1. The second-order valence-electron chi connectivity index (χ2n) is 6.35. The highest BCUT2D eigenvalue weighted by Gasteiger charge is 2.95. The van der Waals surface area contributed by atoms with Crippen LogP contribution in [0.3, 0.4) is 0 Å². The summed E-state index contributed by atoms with van der Waals surface area (Å²) in [5.74, 6) is -33.3. The van der Waals surface area contributed by atoms with Crippen LogP contribution in [0, 0.1) is 0 Å². The molecule has 0 bridgehead atoms. The van der Waals surface area contributed by atoms with Crippen molar-refractivity contribution in [2.24, 2.45) is 0 Å². The van der Waals surface area contributed by atoms with E-state index in [4.69, 9.17) is 5.11 Å². The summed E-state index contributed by atoms with van der Waals surface area (Å²) >= 11 is 0. The Morgan fingerprint density at radius 3 is 1.47 bits per heavy atom. The number of alkyl halides is 15. The van der Waals surface area contributed by atoms with Crippen molar-refractivity contribution < 1.29 is 80.9 Å². The predicted molar refractivity (Wildman–Crippen MR) is 69.7 cm³/mol. The lowest BCUT2D eigenvalue weighted by Gasteiger charge is -2.43. The predicted octanol–water partition coefficient (Wildman–Crippen LogP) is 4.20. The molecule has 0 aromatic carbocycles. The van der Waals surface area contributed by atoms with Gasteiger partial charge in [0.2, 0.25) is 0 Å². The van der Waals surface area contributed by atoms with Gasteiger partial charge >= 0.3 is 41.7 Å². The van der Waals surface area contributed by atoms with Gasteiger partial charge in [-0.3, -0.25) is 0 Å². The summed E-state index contributed by atoms with van der Waals surface area (Å²) in [6.45, 7) is 0.707. The van der Waals surface area contributed by atoms with E-state index >= 15 is 0 Å². The average molecular weight is 511 g/mol. The number of aliphatic hydroxyl groups is 1. The van der Waals surface area contributed by atoms with Crippen LogP contribution in [0.5, 0.6) is 0 Å². The lowest BCUT2D eigenvalue weighted by atomic mass is 9.84. The third-order valence-electron chi connectivity index (χ3n) is 3.97. The first-order valence-corrected chi connectivity index (χ1v) is 7.62. The zero-order valence-electron chi connectivity index (χ0n) is 15.0. The van der Waals surface area contributed by atoms with E-state index in [1.54, 1.807) is 0 Å². The number of carboxylic acid groups (broad SMARTS) is 1. The first-order valence-electron chi connectivity index (χ1n) is 7.62. The summed E-state index contributed by atoms with van der Waals surface area (Å²) in [5.41, 5.74) is -9.21. The molecule has 1 atom stereocenters. The summed E-state index contributed by atoms with van der Waals surface area (Å²) in [6, 6.07) is 0. The van der Waals surface area contributed by atoms with Crippen LogP contribution in [0.25, 0.3) is 0 Å². The fourth-order valence-corrected chi connectivity index (χ4v) is 2.06. The molecule has 0 radical (unpaired) electrons. The number of hydrogen-bond donors (Lipinski definition) is 1. The Kier molecular flexibility index (Phi) is 7.98. The van der Waals surface area contributed by atoms with E-state index in [0.717, 1.165) is 0 Å². The topological polar surface area (TPSA) is 60.4 Å². The number of rotatable bonds is 9. The maximum atomic E-state index is 13.6. The van der Waals surface area contributed by atoms with Gasteiger partial charge in [-0.05, 0) is 18.9 Å². The molecular weight excluding hydrogens is 501 g/mol. The van der Waals surface area contributed by atoms with Gasteiger partial charge in [0.25, 0.3) is 0 Å². The largest absolute Gasteiger partial charge is 0.545 e. The molecular formula is C14H10F15O3-. The fraction of sp³-hybridized carbons (Fsp3) is 0.786. The number of hydrogen-bond acceptors (Lipinski definition) is 3. The van der Waals surface area contributed by atoms with Gasteiger partial charge < -0.3 is 15.0 Å². The number of aliphatic hydroxyl groups excluding tert-OH is 1. The monoisotopic (exact) mass is 511 g/mol. The van der Waals surface area contributed by atoms with Gasteiger partial charge in [-0.25, -0.2) is 4.39 Å². The first kappa shape index (κ1) is 30.1. The quantitative estimate of drug-likeness (QED) is 0.373. The van der Waals surface area contributed by atoms with Gasteiger partial charge in [0, 0.05) is 6.42 Å². The second kappa shape index (κ2) is 8.48. The molecule has 0 aromatic heterocycles. The summed E-state index contributed by atoms with van der Waals surface area (Å²) < 4.78 is 195. The van der Waals surface area contributed by atoms with Crippen LogP contribution in [-0.4, -0.2) is 58.9 Å². The van der Waals surface area contributed by atoms with Gasteiger partial charge in [-0.1, -0.05) is 6.08 Å². The smallest absolute Gasteiger partial charge is 0.438 e. The molecule has 0 aliphatic carbocycles. The van der Waals surface area contributed by atoms with Gasteiger partial charge in [0.05, 0.1) is 12.1 Å². The number of aliphatic carboxylic acids is 1. The molecule has 0 heterocycles. The Balaban J connectivity index is 6.36. The van der Waals surface area contributed by atoms with Crippen molar-refractivity contribution in [3.8, 4) is 0 Å². The molecule has 32 heavy (non-hydrogen) atoms. The minimum atomic E-state index is -8.53. The molecule has 1 N–H and O–H groups in total. The highest BCUT2D eigenvalue weighted by atomic mass is 19.4. The lowest BCUT2D eigenvalue weighted by molar-refractivity contribution is -0.457. The van der Waals surface area contributed by atoms with Crippen LogP contribution < -0.4 is 5.11 Å². The molecule has 0 spiro atoms. The third kappa shape index (κ3) is 4.73. The first-order chi connectivity index (χ1) is 13.7. The maximum Gasteiger partial charge on any atom is 0.438 e. The molecule has 0 saturated heterocycles. The van der Waals surface area contributed by atoms with Crippen LogP contribution >= 0.6 is 0 Å². The van der Waals surface area contributed by atoms with E-state index in [1.807, 2.05) is 0 Å². The van der Waals surface area contributed by atoms with Gasteiger partial charge in [0.15, 0.2) is 0 Å². The number of carbonyl (C=O) groups is 1. The number of halogens is 15. The molecule has 3 nitrogen and oxygen atoms in total. The molecule has 0 saturated carbocycles. The van der Waals surface area contributed by atoms with Crippen LogP contribution in [0.2, 0.25) is 0 Å². The van der Waals surface area contributed by atoms with E-state index in [-0.39, 0.29) is 0 Å². The molecule has 0 amide bonds. The summed E-state index contributed by atoms with van der Waals surface area (Å²) in [7, 11) is 0. The molecule has 0 fully saturated rings. The molecule has 1 unspecified atom stereocenters. The van der Waals surface area contributed by atoms with Crippen molar-refractivity contribution in [1.82, 2.24) is 0 Å². The van der Waals surface area contributed by atoms with Crippen LogP contribution in [-0.2, 0) is 4.79 Å². The van der Waals surface area contributed by atoms with E-state index < -0.39 is 72.2 Å². The van der Waals surface area contributed by atoms with Crippen molar-refractivity contribution in [2.75, 3.05) is 0 Å². The van der Waals surface area contributed by atoms with Crippen LogP contribution in [0.1, 0.15) is 19.8 Å². The highest BCUT2D eigenvalue weighted by Crippen LogP contribution is 2.64. The van der Waals surface area contributed by atoms with E-state index in [9.17, 15) is 75.8 Å². The standard InChI is InChI=1S/C14H11F15O3/c1-5(7(31)32)2-3-6(30)4-8(15,16)10(18,19)12(22,23)11(20,21)9(17,13(24,25)26)14(27,28)29/h2,6,30H,3-4H2,1H3,(H,31,32)/p-1. The van der Waals surface area contributed by atoms with E-state index in [1.165, 1.54) is 0 Å². The Morgan fingerprint density at radius 2 is 1.16 bits per heavy atom. The van der Waals surface area contributed by atoms with Crippen molar-refractivity contribution in [3.05, 3.63) is 11.6 Å². The SMILES string of the molecule is CC(=CCC(O)CC(F)(F)C(F)(F)C(F)(F)C(F)(F)C(F)(C(F)(F)F)C(F)(F)F)C(=O)[O-]. The van der Waals surface area contributed by atoms with Gasteiger partial charge in [-0.15, -0.1) is 0 Å². The molecule has 190 valence electrons. The minimum absolute atomic E-state index is 0.306. The van der Waals surface area contributed by atoms with E-state index in [0.29, 0.717) is 13.0 Å². The second-order valence-corrected chi connectivity index (χ2v) is 6.35. The fourth-order valence-electron chi connectivity index (χ4n) is 2.06. The molecule has 0 aliphatic rings. The van der Waals surface area contributed by atoms with Crippen LogP contribution in [0.4, 0.5) is 65.9 Å². The highest BCUT2D eigenvalue weighted by molar-refractivity contribution is 5.83. The Labute approximate surface area is 167 Å². The third-order valence-corrected chi connectivity index (χ3v) is 3.97. The summed E-state index contributed by atoms with van der Waals surface area (Å²) in [6.07, 6.45) is -23.0. The average Bonchev–Trinajstić information content (AvgIpc) is 2.55. The van der Waals surface area contributed by atoms with Crippen molar-refractivity contribution in [3.63, 3.8) is 0 Å². The van der Waals surface area contributed by atoms with Crippen LogP contribution in [0.15, 0.2) is 11.6 Å². The zero-order chi connectivity index (χ0) is 26.4. The molecule has 0 rings (SSSR count).